The lowest BCUT2D eigenvalue weighted by Gasteiger charge is -2.18. The van der Waals surface area contributed by atoms with E-state index in [9.17, 15) is 4.79 Å². The van der Waals surface area contributed by atoms with Gasteiger partial charge in [-0.15, -0.1) is 0 Å². The minimum absolute atomic E-state index is 0.0716. The molecule has 0 bridgehead atoms. The number of ether oxygens (including phenoxy) is 1. The summed E-state index contributed by atoms with van der Waals surface area (Å²) in [5, 5.41) is 2.95. The van der Waals surface area contributed by atoms with Crippen LogP contribution in [0.3, 0.4) is 0 Å². The number of rotatable bonds is 6. The number of benzene rings is 2. The van der Waals surface area contributed by atoms with Gasteiger partial charge >= 0.3 is 0 Å². The lowest BCUT2D eigenvalue weighted by Crippen LogP contribution is -2.30. The number of methoxy groups -OCH3 is 1. The summed E-state index contributed by atoms with van der Waals surface area (Å²) in [4.78, 5) is 14.3. The van der Waals surface area contributed by atoms with Gasteiger partial charge in [-0.05, 0) is 69.6 Å². The number of carbonyl (C=O) groups is 1. The van der Waals surface area contributed by atoms with Gasteiger partial charge in [-0.3, -0.25) is 9.69 Å². The number of para-hydroxylation sites is 1. The highest BCUT2D eigenvalue weighted by molar-refractivity contribution is 9.11. The Kier molecular flexibility index (Phi) is 6.83. The van der Waals surface area contributed by atoms with E-state index in [-0.39, 0.29) is 12.5 Å². The first-order chi connectivity index (χ1) is 11.4. The second-order valence-electron chi connectivity index (χ2n) is 5.64. The van der Waals surface area contributed by atoms with E-state index in [4.69, 9.17) is 4.74 Å². The van der Waals surface area contributed by atoms with Crippen LogP contribution in [0.15, 0.2) is 45.3 Å². The van der Waals surface area contributed by atoms with Gasteiger partial charge in [0.05, 0.1) is 19.3 Å². The van der Waals surface area contributed by atoms with Gasteiger partial charge in [-0.25, -0.2) is 0 Å². The summed E-state index contributed by atoms with van der Waals surface area (Å²) in [6, 6.07) is 11.8. The third-order valence-corrected chi connectivity index (χ3v) is 4.75. The molecule has 128 valence electrons. The number of anilines is 1. The van der Waals surface area contributed by atoms with Gasteiger partial charge < -0.3 is 10.1 Å². The predicted octanol–water partition coefficient (Wildman–Crippen LogP) is 4.60. The molecule has 0 radical (unpaired) electrons. The molecule has 2 aromatic carbocycles. The van der Waals surface area contributed by atoms with Crippen molar-refractivity contribution < 1.29 is 9.53 Å². The third-order valence-electron chi connectivity index (χ3n) is 3.50. The fourth-order valence-electron chi connectivity index (χ4n) is 2.42. The van der Waals surface area contributed by atoms with E-state index in [1.54, 1.807) is 7.11 Å². The summed E-state index contributed by atoms with van der Waals surface area (Å²) in [5.74, 6) is 0.756. The maximum atomic E-state index is 12.3. The normalized spacial score (nSPS) is 10.8. The standard InChI is InChI=1S/C18H20Br2N2O2/c1-12-8-14(19)18(15(20)9-12)21-17(23)11-22(2)10-13-6-4-5-7-16(13)24-3/h4-9H,10-11H2,1-3H3,(H,21,23). The average Bonchev–Trinajstić information content (AvgIpc) is 2.51. The Morgan fingerprint density at radius 2 is 1.83 bits per heavy atom. The van der Waals surface area contributed by atoms with Crippen LogP contribution in [0.1, 0.15) is 11.1 Å². The molecule has 1 N–H and O–H groups in total. The topological polar surface area (TPSA) is 41.6 Å². The average molecular weight is 456 g/mol. The van der Waals surface area contributed by atoms with E-state index in [0.717, 1.165) is 31.5 Å². The van der Waals surface area contributed by atoms with Gasteiger partial charge in [-0.1, -0.05) is 18.2 Å². The molecule has 0 saturated heterocycles. The highest BCUT2D eigenvalue weighted by Crippen LogP contribution is 2.32. The Labute approximate surface area is 159 Å². The van der Waals surface area contributed by atoms with Crippen molar-refractivity contribution in [3.05, 3.63) is 56.5 Å². The number of likely N-dealkylation sites (N-methyl/N-ethyl adjacent to an activating group) is 1. The maximum absolute atomic E-state index is 12.3. The summed E-state index contributed by atoms with van der Waals surface area (Å²) >= 11 is 6.98. The number of aryl methyl sites for hydroxylation is 1. The summed E-state index contributed by atoms with van der Waals surface area (Å²) in [6.07, 6.45) is 0. The fraction of sp³-hybridized carbons (Fsp3) is 0.278. The lowest BCUT2D eigenvalue weighted by atomic mass is 10.2. The van der Waals surface area contributed by atoms with Crippen molar-refractivity contribution in [1.82, 2.24) is 4.90 Å². The monoisotopic (exact) mass is 454 g/mol. The van der Waals surface area contributed by atoms with Gasteiger partial charge in [-0.2, -0.15) is 0 Å². The van der Waals surface area contributed by atoms with Crippen molar-refractivity contribution >= 4 is 43.5 Å². The van der Waals surface area contributed by atoms with Crippen molar-refractivity contribution in [3.63, 3.8) is 0 Å². The Hall–Kier alpha value is -1.37. The number of nitrogens with one attached hydrogen (secondary N) is 1. The molecule has 4 nitrogen and oxygen atoms in total. The lowest BCUT2D eigenvalue weighted by molar-refractivity contribution is -0.117. The number of amides is 1. The van der Waals surface area contributed by atoms with Crippen LogP contribution in [0.25, 0.3) is 0 Å². The molecule has 2 rings (SSSR count). The first-order valence-electron chi connectivity index (χ1n) is 7.46. The van der Waals surface area contributed by atoms with Crippen LogP contribution in [0.4, 0.5) is 5.69 Å². The number of carbonyl (C=O) groups excluding carboxylic acids is 1. The van der Waals surface area contributed by atoms with E-state index in [1.807, 2.05) is 55.3 Å². The molecule has 2 aromatic rings. The molecule has 0 saturated carbocycles. The molecular formula is C18H20Br2N2O2. The highest BCUT2D eigenvalue weighted by Gasteiger charge is 2.13. The Morgan fingerprint density at radius 3 is 2.46 bits per heavy atom. The van der Waals surface area contributed by atoms with Crippen molar-refractivity contribution in [3.8, 4) is 5.75 Å². The van der Waals surface area contributed by atoms with Crippen LogP contribution < -0.4 is 10.1 Å². The zero-order chi connectivity index (χ0) is 17.7. The second-order valence-corrected chi connectivity index (χ2v) is 7.34. The molecule has 0 aliphatic rings. The molecule has 0 aromatic heterocycles. The van der Waals surface area contributed by atoms with Crippen LogP contribution in [0, 0.1) is 6.92 Å². The minimum atomic E-state index is -0.0716. The van der Waals surface area contributed by atoms with E-state index in [1.165, 1.54) is 0 Å². The fourth-order valence-corrected chi connectivity index (χ4v) is 4.04. The quantitative estimate of drug-likeness (QED) is 0.691. The molecule has 24 heavy (non-hydrogen) atoms. The summed E-state index contributed by atoms with van der Waals surface area (Å²) in [5.41, 5.74) is 2.91. The Morgan fingerprint density at radius 1 is 1.21 bits per heavy atom. The number of hydrogen-bond donors (Lipinski definition) is 1. The van der Waals surface area contributed by atoms with E-state index >= 15 is 0 Å². The van der Waals surface area contributed by atoms with Crippen molar-refractivity contribution in [1.29, 1.82) is 0 Å². The van der Waals surface area contributed by atoms with Crippen LogP contribution >= 0.6 is 31.9 Å². The second kappa shape index (κ2) is 8.65. The first-order valence-corrected chi connectivity index (χ1v) is 9.05. The molecular weight excluding hydrogens is 436 g/mol. The SMILES string of the molecule is COc1ccccc1CN(C)CC(=O)Nc1c(Br)cc(C)cc1Br. The first kappa shape index (κ1) is 19.0. The molecule has 6 heteroatoms. The van der Waals surface area contributed by atoms with Crippen LogP contribution in [0.2, 0.25) is 0 Å². The largest absolute Gasteiger partial charge is 0.496 e. The van der Waals surface area contributed by atoms with Crippen LogP contribution in [-0.4, -0.2) is 31.5 Å². The molecule has 0 fully saturated rings. The summed E-state index contributed by atoms with van der Waals surface area (Å²) < 4.78 is 7.06. The molecule has 0 spiro atoms. The van der Waals surface area contributed by atoms with E-state index < -0.39 is 0 Å². The van der Waals surface area contributed by atoms with Gasteiger partial charge in [0, 0.05) is 21.1 Å². The van der Waals surface area contributed by atoms with Gasteiger partial charge in [0.25, 0.3) is 0 Å². The Bertz CT molecular complexity index is 712. The molecule has 0 atom stereocenters. The van der Waals surface area contributed by atoms with Crippen molar-refractivity contribution in [2.45, 2.75) is 13.5 Å². The zero-order valence-corrected chi connectivity index (χ0v) is 17.1. The molecule has 1 amide bonds. The van der Waals surface area contributed by atoms with E-state index in [0.29, 0.717) is 6.54 Å². The number of nitrogens with zero attached hydrogens (tertiary/aromatic N) is 1. The number of hydrogen-bond acceptors (Lipinski definition) is 3. The highest BCUT2D eigenvalue weighted by atomic mass is 79.9. The minimum Gasteiger partial charge on any atom is -0.496 e. The van der Waals surface area contributed by atoms with Gasteiger partial charge in [0.2, 0.25) is 5.91 Å². The Balaban J connectivity index is 2.00. The summed E-state index contributed by atoms with van der Waals surface area (Å²) in [7, 11) is 3.56. The predicted molar refractivity (Wildman–Crippen MR) is 105 cm³/mol. The summed E-state index contributed by atoms with van der Waals surface area (Å²) in [6.45, 7) is 2.92. The van der Waals surface area contributed by atoms with E-state index in [2.05, 4.69) is 37.2 Å². The smallest absolute Gasteiger partial charge is 0.238 e. The van der Waals surface area contributed by atoms with Gasteiger partial charge in [0.1, 0.15) is 5.75 Å². The zero-order valence-electron chi connectivity index (χ0n) is 13.9. The number of halogens is 2. The van der Waals surface area contributed by atoms with Crippen molar-refractivity contribution in [2.24, 2.45) is 0 Å². The maximum Gasteiger partial charge on any atom is 0.238 e. The van der Waals surface area contributed by atoms with Crippen molar-refractivity contribution in [2.75, 3.05) is 26.0 Å². The molecule has 0 unspecified atom stereocenters. The molecule has 0 aliphatic heterocycles. The molecule has 0 heterocycles. The molecule has 0 aliphatic carbocycles. The third kappa shape index (κ3) is 5.06. The van der Waals surface area contributed by atoms with Gasteiger partial charge in [0.15, 0.2) is 0 Å². The van der Waals surface area contributed by atoms with Crippen LogP contribution in [0.5, 0.6) is 5.75 Å². The van der Waals surface area contributed by atoms with Crippen LogP contribution in [-0.2, 0) is 11.3 Å².